The fraction of sp³-hybridized carbons (Fsp3) is 0.348. The summed E-state index contributed by atoms with van der Waals surface area (Å²) in [4.78, 5) is 40.0. The average molecular weight is 454 g/mol. The Kier molecular flexibility index (Phi) is 5.42. The van der Waals surface area contributed by atoms with Crippen molar-refractivity contribution in [3.63, 3.8) is 0 Å². The number of amides is 3. The second-order valence-electron chi connectivity index (χ2n) is 8.05. The molecule has 0 aromatic heterocycles. The van der Waals surface area contributed by atoms with Gasteiger partial charge in [-0.15, -0.1) is 0 Å². The molecular formula is C23H23N3O5S. The Hall–Kier alpha value is -3.20. The summed E-state index contributed by atoms with van der Waals surface area (Å²) in [5.41, 5.74) is 2.71. The van der Waals surface area contributed by atoms with E-state index in [1.165, 1.54) is 11.8 Å². The molecule has 0 radical (unpaired) electrons. The van der Waals surface area contributed by atoms with Crippen molar-refractivity contribution in [1.29, 1.82) is 0 Å². The highest BCUT2D eigenvalue weighted by Gasteiger charge is 2.40. The number of ether oxygens (including phenoxy) is 2. The number of piperidine rings is 1. The molecule has 2 N–H and O–H groups in total. The smallest absolute Gasteiger partial charge is 0.256 e. The molecule has 3 aliphatic heterocycles. The van der Waals surface area contributed by atoms with Gasteiger partial charge in [0.15, 0.2) is 11.5 Å². The first-order valence-corrected chi connectivity index (χ1v) is 11.9. The molecule has 0 spiro atoms. The van der Waals surface area contributed by atoms with E-state index >= 15 is 0 Å². The average Bonchev–Trinajstić information content (AvgIpc) is 3.23. The number of nitrogens with zero attached hydrogens (tertiary/aromatic N) is 1. The van der Waals surface area contributed by atoms with Gasteiger partial charge >= 0.3 is 0 Å². The van der Waals surface area contributed by atoms with Gasteiger partial charge in [-0.05, 0) is 54.5 Å². The highest BCUT2D eigenvalue weighted by atomic mass is 32.2. The van der Waals surface area contributed by atoms with Gasteiger partial charge in [0.25, 0.3) is 5.91 Å². The zero-order valence-electron chi connectivity index (χ0n) is 17.6. The van der Waals surface area contributed by atoms with Crippen LogP contribution in [0.1, 0.15) is 23.2 Å². The van der Waals surface area contributed by atoms with Gasteiger partial charge < -0.3 is 25.0 Å². The van der Waals surface area contributed by atoms with Crippen LogP contribution < -0.4 is 20.1 Å². The van der Waals surface area contributed by atoms with Gasteiger partial charge in [0.05, 0.1) is 17.0 Å². The van der Waals surface area contributed by atoms with Crippen LogP contribution in [-0.2, 0) is 9.59 Å². The summed E-state index contributed by atoms with van der Waals surface area (Å²) in [5.74, 6) is 1.29. The monoisotopic (exact) mass is 453 g/mol. The topological polar surface area (TPSA) is 97.0 Å². The summed E-state index contributed by atoms with van der Waals surface area (Å²) in [7, 11) is 0. The zero-order chi connectivity index (χ0) is 22.2. The van der Waals surface area contributed by atoms with E-state index < -0.39 is 6.04 Å². The molecule has 2 atom stereocenters. The molecule has 0 saturated carbocycles. The predicted molar refractivity (Wildman–Crippen MR) is 121 cm³/mol. The quantitative estimate of drug-likeness (QED) is 0.738. The van der Waals surface area contributed by atoms with Crippen LogP contribution in [0.4, 0.5) is 5.69 Å². The van der Waals surface area contributed by atoms with E-state index in [1.54, 1.807) is 11.0 Å². The maximum absolute atomic E-state index is 13.4. The Bertz CT molecular complexity index is 1110. The van der Waals surface area contributed by atoms with E-state index in [9.17, 15) is 14.4 Å². The molecule has 0 bridgehead atoms. The van der Waals surface area contributed by atoms with E-state index in [0.717, 1.165) is 11.1 Å². The van der Waals surface area contributed by atoms with E-state index in [4.69, 9.17) is 9.47 Å². The highest BCUT2D eigenvalue weighted by molar-refractivity contribution is 7.99. The van der Waals surface area contributed by atoms with Crippen LogP contribution in [0.5, 0.6) is 11.5 Å². The third kappa shape index (κ3) is 3.77. The van der Waals surface area contributed by atoms with Crippen LogP contribution in [0.2, 0.25) is 0 Å². The lowest BCUT2D eigenvalue weighted by Gasteiger charge is -2.37. The number of thioether (sulfide) groups is 1. The molecule has 0 aliphatic carbocycles. The van der Waals surface area contributed by atoms with Gasteiger partial charge in [-0.25, -0.2) is 0 Å². The number of anilines is 1. The van der Waals surface area contributed by atoms with Gasteiger partial charge in [0, 0.05) is 12.6 Å². The molecule has 3 amide bonds. The molecule has 32 heavy (non-hydrogen) atoms. The first-order chi connectivity index (χ1) is 15.5. The van der Waals surface area contributed by atoms with Gasteiger partial charge in [0.1, 0.15) is 6.04 Å². The summed E-state index contributed by atoms with van der Waals surface area (Å²) >= 11 is 1.45. The first-order valence-electron chi connectivity index (χ1n) is 10.5. The van der Waals surface area contributed by atoms with Crippen LogP contribution in [0, 0.1) is 0 Å². The molecule has 1 saturated heterocycles. The van der Waals surface area contributed by atoms with E-state index in [1.807, 2.05) is 36.6 Å². The number of hydrogen-bond donors (Lipinski definition) is 2. The minimum absolute atomic E-state index is 0.0482. The van der Waals surface area contributed by atoms with Gasteiger partial charge in [-0.2, -0.15) is 11.8 Å². The van der Waals surface area contributed by atoms with Crippen molar-refractivity contribution in [2.45, 2.75) is 24.9 Å². The number of hydrogen-bond acceptors (Lipinski definition) is 6. The lowest BCUT2D eigenvalue weighted by Crippen LogP contribution is -2.55. The summed E-state index contributed by atoms with van der Waals surface area (Å²) in [6.45, 7) is 0.609. The third-order valence-electron chi connectivity index (χ3n) is 6.02. The van der Waals surface area contributed by atoms with E-state index in [0.29, 0.717) is 47.9 Å². The normalized spacial score (nSPS) is 21.3. The van der Waals surface area contributed by atoms with Gasteiger partial charge in [-0.3, -0.25) is 14.4 Å². The maximum Gasteiger partial charge on any atom is 0.256 e. The van der Waals surface area contributed by atoms with Crippen LogP contribution in [0.15, 0.2) is 36.4 Å². The molecule has 2 aromatic carbocycles. The molecule has 2 aromatic rings. The predicted octanol–water partition coefficient (Wildman–Crippen LogP) is 2.49. The summed E-state index contributed by atoms with van der Waals surface area (Å²) < 4.78 is 10.8. The molecule has 2 unspecified atom stereocenters. The number of nitrogens with one attached hydrogen (secondary N) is 2. The summed E-state index contributed by atoms with van der Waals surface area (Å²) in [6.07, 6.45) is 2.89. The number of carbonyl (C=O) groups is 3. The molecule has 9 heteroatoms. The largest absolute Gasteiger partial charge is 0.454 e. The molecular weight excluding hydrogens is 430 g/mol. The van der Waals surface area contributed by atoms with Crippen molar-refractivity contribution in [2.24, 2.45) is 0 Å². The summed E-state index contributed by atoms with van der Waals surface area (Å²) in [6, 6.07) is 10.4. The van der Waals surface area contributed by atoms with Crippen molar-refractivity contribution in [3.05, 3.63) is 42.0 Å². The third-order valence-corrected chi connectivity index (χ3v) is 6.57. The van der Waals surface area contributed by atoms with Crippen molar-refractivity contribution in [2.75, 3.05) is 30.7 Å². The fourth-order valence-corrected chi connectivity index (χ4v) is 4.79. The second-order valence-corrected chi connectivity index (χ2v) is 8.92. The SMILES string of the molecule is CSCC(=O)NC1CCN2C(=O)c3cc(-c4ccc5c(c4)OCO5)ccc3NC(=O)C2C1. The van der Waals surface area contributed by atoms with Crippen molar-refractivity contribution in [1.82, 2.24) is 10.2 Å². The van der Waals surface area contributed by atoms with E-state index in [-0.39, 0.29) is 30.6 Å². The van der Waals surface area contributed by atoms with Crippen LogP contribution >= 0.6 is 11.8 Å². The number of carbonyl (C=O) groups excluding carboxylic acids is 3. The number of benzene rings is 2. The lowest BCUT2D eigenvalue weighted by molar-refractivity contribution is -0.123. The fourth-order valence-electron chi connectivity index (χ4n) is 4.45. The highest BCUT2D eigenvalue weighted by Crippen LogP contribution is 2.37. The van der Waals surface area contributed by atoms with Gasteiger partial charge in [-0.1, -0.05) is 12.1 Å². The molecule has 3 aliphatic rings. The maximum atomic E-state index is 13.4. The first kappa shape index (κ1) is 20.7. The molecule has 8 nitrogen and oxygen atoms in total. The Morgan fingerprint density at radius 3 is 2.78 bits per heavy atom. The molecule has 5 rings (SSSR count). The Labute approximate surface area is 189 Å². The number of rotatable bonds is 4. The van der Waals surface area contributed by atoms with Crippen LogP contribution in [0.25, 0.3) is 11.1 Å². The van der Waals surface area contributed by atoms with Gasteiger partial charge in [0.2, 0.25) is 18.6 Å². The second kappa shape index (κ2) is 8.38. The van der Waals surface area contributed by atoms with Crippen LogP contribution in [0.3, 0.4) is 0 Å². The van der Waals surface area contributed by atoms with Crippen molar-refractivity contribution < 1.29 is 23.9 Å². The van der Waals surface area contributed by atoms with Crippen molar-refractivity contribution >= 4 is 35.2 Å². The van der Waals surface area contributed by atoms with Crippen LogP contribution in [-0.4, -0.2) is 60.1 Å². The Morgan fingerprint density at radius 1 is 1.16 bits per heavy atom. The molecule has 3 heterocycles. The van der Waals surface area contributed by atoms with E-state index in [2.05, 4.69) is 10.6 Å². The number of fused-ring (bicyclic) bond motifs is 3. The zero-order valence-corrected chi connectivity index (χ0v) is 18.4. The Morgan fingerprint density at radius 2 is 1.94 bits per heavy atom. The molecule has 1 fully saturated rings. The molecule has 166 valence electrons. The summed E-state index contributed by atoms with van der Waals surface area (Å²) in [5, 5.41) is 5.89. The minimum atomic E-state index is -0.614. The standard InChI is InChI=1S/C23H23N3O5S/c1-32-11-21(27)24-15-6-7-26-18(10-15)22(28)25-17-4-2-13(8-16(17)23(26)29)14-3-5-19-20(9-14)31-12-30-19/h2-5,8-9,15,18H,6-7,10-12H2,1H3,(H,24,27)(H,25,28). The Balaban J connectivity index is 1.40. The lowest BCUT2D eigenvalue weighted by atomic mass is 9.95. The van der Waals surface area contributed by atoms with Crippen molar-refractivity contribution in [3.8, 4) is 22.6 Å². The minimum Gasteiger partial charge on any atom is -0.454 e.